The molecule has 0 unspecified atom stereocenters. The lowest BCUT2D eigenvalue weighted by atomic mass is 10.2. The molecule has 0 spiro atoms. The van der Waals surface area contributed by atoms with Crippen LogP contribution in [0.1, 0.15) is 11.1 Å². The van der Waals surface area contributed by atoms with Gasteiger partial charge in [-0.3, -0.25) is 14.4 Å². The van der Waals surface area contributed by atoms with Gasteiger partial charge in [0.15, 0.2) is 6.61 Å². The zero-order valence-electron chi connectivity index (χ0n) is 14.5. The molecule has 2 amide bonds. The molecule has 2 rings (SSSR count). The van der Waals surface area contributed by atoms with Gasteiger partial charge in [0.2, 0.25) is 5.91 Å². The predicted octanol–water partition coefficient (Wildman–Crippen LogP) is 2.33. The summed E-state index contributed by atoms with van der Waals surface area (Å²) in [5, 5.41) is 5.63. The minimum Gasteiger partial charge on any atom is -0.454 e. The maximum Gasteiger partial charge on any atom is 0.325 e. The van der Waals surface area contributed by atoms with E-state index in [1.54, 1.807) is 30.3 Å². The van der Waals surface area contributed by atoms with E-state index in [9.17, 15) is 14.4 Å². The first kappa shape index (κ1) is 20.2. The molecule has 2 aromatic rings. The molecule has 2 aromatic carbocycles. The third kappa shape index (κ3) is 8.20. The van der Waals surface area contributed by atoms with E-state index >= 15 is 0 Å². The van der Waals surface area contributed by atoms with E-state index < -0.39 is 24.4 Å². The molecular weight excluding hydrogens is 368 g/mol. The molecule has 2 N–H and O–H groups in total. The van der Waals surface area contributed by atoms with Crippen LogP contribution in [0.2, 0.25) is 5.02 Å². The molecule has 0 aliphatic heterocycles. The highest BCUT2D eigenvalue weighted by atomic mass is 35.5. The van der Waals surface area contributed by atoms with E-state index in [1.807, 2.05) is 30.3 Å². The number of carbonyl (C=O) groups is 3. The van der Waals surface area contributed by atoms with Gasteiger partial charge in [-0.05, 0) is 29.3 Å². The van der Waals surface area contributed by atoms with Gasteiger partial charge in [0, 0.05) is 17.6 Å². The van der Waals surface area contributed by atoms with Crippen LogP contribution in [0, 0.1) is 0 Å². The number of esters is 1. The number of carbonyl (C=O) groups excluding carboxylic acids is 3. The average molecular weight is 387 g/mol. The van der Waals surface area contributed by atoms with Crippen LogP contribution in [0.25, 0.3) is 6.08 Å². The number of ether oxygens (including phenoxy) is 1. The lowest BCUT2D eigenvalue weighted by Crippen LogP contribution is -2.33. The van der Waals surface area contributed by atoms with Gasteiger partial charge in [0.05, 0.1) is 0 Å². The van der Waals surface area contributed by atoms with Gasteiger partial charge >= 0.3 is 5.97 Å². The average Bonchev–Trinajstić information content (AvgIpc) is 2.69. The van der Waals surface area contributed by atoms with Crippen LogP contribution in [-0.2, 0) is 25.7 Å². The van der Waals surface area contributed by atoms with E-state index in [2.05, 4.69) is 10.6 Å². The van der Waals surface area contributed by atoms with Crippen molar-refractivity contribution in [1.29, 1.82) is 0 Å². The topological polar surface area (TPSA) is 84.5 Å². The summed E-state index contributed by atoms with van der Waals surface area (Å²) < 4.78 is 4.81. The summed E-state index contributed by atoms with van der Waals surface area (Å²) in [6.07, 6.45) is 2.95. The second-order valence-electron chi connectivity index (χ2n) is 5.53. The van der Waals surface area contributed by atoms with E-state index in [-0.39, 0.29) is 6.54 Å². The summed E-state index contributed by atoms with van der Waals surface area (Å²) in [7, 11) is 0. The van der Waals surface area contributed by atoms with Crippen molar-refractivity contribution in [1.82, 2.24) is 10.6 Å². The van der Waals surface area contributed by atoms with Crippen LogP contribution < -0.4 is 10.6 Å². The fraction of sp³-hybridized carbons (Fsp3) is 0.150. The second kappa shape index (κ2) is 10.8. The Labute approximate surface area is 162 Å². The van der Waals surface area contributed by atoms with Crippen LogP contribution in [0.3, 0.4) is 0 Å². The van der Waals surface area contributed by atoms with Crippen molar-refractivity contribution in [3.63, 3.8) is 0 Å². The number of hydrogen-bond donors (Lipinski definition) is 2. The Kier molecular flexibility index (Phi) is 8.06. The van der Waals surface area contributed by atoms with E-state index in [0.29, 0.717) is 11.6 Å². The Morgan fingerprint density at radius 1 is 0.963 bits per heavy atom. The van der Waals surface area contributed by atoms with Crippen LogP contribution in [0.4, 0.5) is 0 Å². The normalized spacial score (nSPS) is 10.4. The second-order valence-corrected chi connectivity index (χ2v) is 5.96. The first-order valence-electron chi connectivity index (χ1n) is 8.20. The minimum absolute atomic E-state index is 0.300. The molecule has 0 aliphatic carbocycles. The third-order valence-corrected chi connectivity index (χ3v) is 3.65. The molecule has 0 atom stereocenters. The van der Waals surface area contributed by atoms with Gasteiger partial charge in [-0.15, -0.1) is 0 Å². The maximum atomic E-state index is 11.7. The number of nitrogens with one attached hydrogen (secondary N) is 2. The number of halogens is 1. The van der Waals surface area contributed by atoms with Crippen molar-refractivity contribution in [2.24, 2.45) is 0 Å². The molecule has 0 aliphatic rings. The number of hydrogen-bond acceptors (Lipinski definition) is 4. The lowest BCUT2D eigenvalue weighted by Gasteiger charge is -2.07. The monoisotopic (exact) mass is 386 g/mol. The van der Waals surface area contributed by atoms with Gasteiger partial charge in [-0.1, -0.05) is 54.1 Å². The fourth-order valence-corrected chi connectivity index (χ4v) is 2.13. The minimum atomic E-state index is -0.696. The Bertz CT molecular complexity index is 804. The van der Waals surface area contributed by atoms with Gasteiger partial charge in [0.25, 0.3) is 5.91 Å². The molecule has 0 heterocycles. The molecular formula is C20H19ClN2O4. The Hall–Kier alpha value is -3.12. The zero-order chi connectivity index (χ0) is 19.5. The SMILES string of the molecule is O=C(/C=C/c1ccccc1)NCC(=O)OCC(=O)NCc1ccc(Cl)cc1. The molecule has 6 nitrogen and oxygen atoms in total. The summed E-state index contributed by atoms with van der Waals surface area (Å²) in [6.45, 7) is -0.431. The van der Waals surface area contributed by atoms with E-state index in [1.165, 1.54) is 6.08 Å². The standard InChI is InChI=1S/C20H19ClN2O4/c21-17-9-6-16(7-10-17)12-22-19(25)14-27-20(26)13-23-18(24)11-8-15-4-2-1-3-5-15/h1-11H,12-14H2,(H,22,25)(H,23,24)/b11-8+. The fourth-order valence-electron chi connectivity index (χ4n) is 2.01. The lowest BCUT2D eigenvalue weighted by molar-refractivity contribution is -0.148. The molecule has 0 aromatic heterocycles. The largest absolute Gasteiger partial charge is 0.454 e. The van der Waals surface area contributed by atoms with Crippen molar-refractivity contribution in [3.8, 4) is 0 Å². The Morgan fingerprint density at radius 3 is 2.37 bits per heavy atom. The smallest absolute Gasteiger partial charge is 0.325 e. The Morgan fingerprint density at radius 2 is 1.67 bits per heavy atom. The molecule has 140 valence electrons. The highest BCUT2D eigenvalue weighted by molar-refractivity contribution is 6.30. The molecule has 0 saturated heterocycles. The van der Waals surface area contributed by atoms with Crippen molar-refractivity contribution in [2.45, 2.75) is 6.54 Å². The molecule has 7 heteroatoms. The van der Waals surface area contributed by atoms with Gasteiger partial charge in [0.1, 0.15) is 6.54 Å². The van der Waals surface area contributed by atoms with Crippen LogP contribution in [-0.4, -0.2) is 30.9 Å². The molecule has 0 saturated carbocycles. The van der Waals surface area contributed by atoms with Gasteiger partial charge < -0.3 is 15.4 Å². The van der Waals surface area contributed by atoms with E-state index in [0.717, 1.165) is 11.1 Å². The number of amides is 2. The van der Waals surface area contributed by atoms with Gasteiger partial charge in [-0.2, -0.15) is 0 Å². The molecule has 0 bridgehead atoms. The highest BCUT2D eigenvalue weighted by Gasteiger charge is 2.08. The summed E-state index contributed by atoms with van der Waals surface area (Å²) in [5.74, 6) is -1.56. The van der Waals surface area contributed by atoms with Crippen molar-refractivity contribution in [2.75, 3.05) is 13.2 Å². The number of benzene rings is 2. The third-order valence-electron chi connectivity index (χ3n) is 3.40. The number of rotatable bonds is 8. The predicted molar refractivity (Wildman–Crippen MR) is 103 cm³/mol. The highest BCUT2D eigenvalue weighted by Crippen LogP contribution is 2.09. The van der Waals surface area contributed by atoms with Crippen molar-refractivity contribution >= 4 is 35.5 Å². The summed E-state index contributed by atoms with van der Waals surface area (Å²) in [4.78, 5) is 34.9. The maximum absolute atomic E-state index is 11.7. The zero-order valence-corrected chi connectivity index (χ0v) is 15.2. The quantitative estimate of drug-likeness (QED) is 0.538. The van der Waals surface area contributed by atoms with Crippen molar-refractivity contribution in [3.05, 3.63) is 76.8 Å². The van der Waals surface area contributed by atoms with Gasteiger partial charge in [-0.25, -0.2) is 0 Å². The van der Waals surface area contributed by atoms with E-state index in [4.69, 9.17) is 16.3 Å². The first-order valence-corrected chi connectivity index (χ1v) is 8.58. The molecule has 0 radical (unpaired) electrons. The van der Waals surface area contributed by atoms with Crippen LogP contribution >= 0.6 is 11.6 Å². The molecule has 0 fully saturated rings. The van der Waals surface area contributed by atoms with Crippen LogP contribution in [0.5, 0.6) is 0 Å². The Balaban J connectivity index is 1.62. The first-order chi connectivity index (χ1) is 13.0. The van der Waals surface area contributed by atoms with Crippen molar-refractivity contribution < 1.29 is 19.1 Å². The summed E-state index contributed by atoms with van der Waals surface area (Å²) >= 11 is 5.78. The summed E-state index contributed by atoms with van der Waals surface area (Å²) in [5.41, 5.74) is 1.74. The summed E-state index contributed by atoms with van der Waals surface area (Å²) in [6, 6.07) is 16.3. The van der Waals surface area contributed by atoms with Crippen LogP contribution in [0.15, 0.2) is 60.7 Å². The molecule has 27 heavy (non-hydrogen) atoms.